The molecule has 1 amide bonds. The number of rotatable bonds is 6. The lowest BCUT2D eigenvalue weighted by molar-refractivity contribution is -0.122. The first-order valence-corrected chi connectivity index (χ1v) is 11.8. The van der Waals surface area contributed by atoms with Gasteiger partial charge in [-0.2, -0.15) is 5.10 Å². The predicted molar refractivity (Wildman–Crippen MR) is 123 cm³/mol. The molecule has 1 aliphatic carbocycles. The van der Waals surface area contributed by atoms with Crippen LogP contribution >= 0.6 is 0 Å². The number of carbonyl (C=O) groups excluding carboxylic acids is 1. The van der Waals surface area contributed by atoms with E-state index in [1.165, 1.54) is 42.0 Å². The van der Waals surface area contributed by atoms with E-state index in [2.05, 4.69) is 45.6 Å². The highest BCUT2D eigenvalue weighted by molar-refractivity contribution is 5.76. The summed E-state index contributed by atoms with van der Waals surface area (Å²) in [5.74, 6) is 1.36. The number of amides is 1. The fraction of sp³-hybridized carbons (Fsp3) is 0.560. The first-order valence-electron chi connectivity index (χ1n) is 11.8. The van der Waals surface area contributed by atoms with Gasteiger partial charge in [-0.15, -0.1) is 0 Å². The average Bonchev–Trinajstić information content (AvgIpc) is 3.05. The van der Waals surface area contributed by atoms with E-state index in [1.54, 1.807) is 6.07 Å². The van der Waals surface area contributed by atoms with Gasteiger partial charge >= 0.3 is 0 Å². The van der Waals surface area contributed by atoms with Crippen molar-refractivity contribution in [2.45, 2.75) is 70.4 Å². The molecule has 166 valence electrons. The maximum atomic E-state index is 12.5. The van der Waals surface area contributed by atoms with Crippen molar-refractivity contribution in [2.75, 3.05) is 18.0 Å². The molecule has 2 fully saturated rings. The summed E-state index contributed by atoms with van der Waals surface area (Å²) >= 11 is 0. The number of hydrogen-bond acceptors (Lipinski definition) is 4. The van der Waals surface area contributed by atoms with Gasteiger partial charge in [0.15, 0.2) is 0 Å². The Balaban J connectivity index is 1.32. The van der Waals surface area contributed by atoms with Crippen molar-refractivity contribution in [3.05, 3.63) is 58.4 Å². The molecular formula is C25H34N4O2. The van der Waals surface area contributed by atoms with Crippen molar-refractivity contribution in [1.29, 1.82) is 0 Å². The van der Waals surface area contributed by atoms with Crippen LogP contribution in [0.1, 0.15) is 56.9 Å². The van der Waals surface area contributed by atoms with Crippen molar-refractivity contribution in [1.82, 2.24) is 15.1 Å². The normalized spacial score (nSPS) is 18.5. The molecule has 1 aliphatic heterocycles. The zero-order valence-corrected chi connectivity index (χ0v) is 18.3. The summed E-state index contributed by atoms with van der Waals surface area (Å²) in [6.45, 7) is 1.85. The van der Waals surface area contributed by atoms with E-state index in [9.17, 15) is 9.59 Å². The van der Waals surface area contributed by atoms with E-state index in [0.717, 1.165) is 51.0 Å². The molecular weight excluding hydrogens is 388 g/mol. The van der Waals surface area contributed by atoms with Gasteiger partial charge in [-0.05, 0) is 49.7 Å². The van der Waals surface area contributed by atoms with Gasteiger partial charge in [-0.25, -0.2) is 4.68 Å². The molecule has 0 radical (unpaired) electrons. The Morgan fingerprint density at radius 1 is 0.935 bits per heavy atom. The lowest BCUT2D eigenvalue weighted by Crippen LogP contribution is -2.40. The van der Waals surface area contributed by atoms with Gasteiger partial charge in [0, 0.05) is 25.2 Å². The van der Waals surface area contributed by atoms with Crippen LogP contribution in [0.15, 0.2) is 47.3 Å². The molecule has 0 unspecified atom stereocenters. The van der Waals surface area contributed by atoms with Crippen LogP contribution in [0.5, 0.6) is 0 Å². The number of carbonyl (C=O) groups is 1. The molecule has 31 heavy (non-hydrogen) atoms. The third-order valence-corrected chi connectivity index (χ3v) is 6.67. The van der Waals surface area contributed by atoms with Crippen molar-refractivity contribution < 1.29 is 4.79 Å². The summed E-state index contributed by atoms with van der Waals surface area (Å²) in [6, 6.07) is 14.2. The van der Waals surface area contributed by atoms with Crippen LogP contribution in [0.25, 0.3) is 0 Å². The minimum atomic E-state index is -0.223. The monoisotopic (exact) mass is 422 g/mol. The minimum absolute atomic E-state index is 0.00630. The average molecular weight is 423 g/mol. The van der Waals surface area contributed by atoms with Gasteiger partial charge in [0.1, 0.15) is 12.4 Å². The topological polar surface area (TPSA) is 67.2 Å². The van der Waals surface area contributed by atoms with Crippen LogP contribution < -0.4 is 15.8 Å². The van der Waals surface area contributed by atoms with E-state index in [0.29, 0.717) is 5.92 Å². The largest absolute Gasteiger partial charge is 0.355 e. The van der Waals surface area contributed by atoms with Crippen LogP contribution in [0.2, 0.25) is 0 Å². The summed E-state index contributed by atoms with van der Waals surface area (Å²) < 4.78 is 1.32. The maximum Gasteiger partial charge on any atom is 0.267 e. The van der Waals surface area contributed by atoms with Gasteiger partial charge in [0.25, 0.3) is 5.56 Å². The highest BCUT2D eigenvalue weighted by Gasteiger charge is 2.21. The van der Waals surface area contributed by atoms with E-state index < -0.39 is 0 Å². The van der Waals surface area contributed by atoms with E-state index in [1.807, 2.05) is 0 Å². The molecule has 2 aliphatic rings. The molecule has 4 rings (SSSR count). The maximum absolute atomic E-state index is 12.5. The summed E-state index contributed by atoms with van der Waals surface area (Å²) in [6.07, 6.45) is 10.2. The standard InChI is InChI=1S/C25H34N4O2/c30-24(26-22-10-6-1-2-7-11-22)19-29-25(31)13-12-23(27-29)28-16-14-21(15-17-28)18-20-8-4-3-5-9-20/h3-5,8-9,12-13,21-22H,1-2,6-7,10-11,14-19H2,(H,26,30). The molecule has 6 nitrogen and oxygen atoms in total. The molecule has 2 aromatic rings. The Morgan fingerprint density at radius 3 is 2.35 bits per heavy atom. The van der Waals surface area contributed by atoms with E-state index in [-0.39, 0.29) is 24.1 Å². The van der Waals surface area contributed by atoms with Crippen molar-refractivity contribution in [3.63, 3.8) is 0 Å². The molecule has 1 N–H and O–H groups in total. The zero-order valence-electron chi connectivity index (χ0n) is 18.3. The second-order valence-corrected chi connectivity index (χ2v) is 9.06. The predicted octanol–water partition coefficient (Wildman–Crippen LogP) is 3.54. The molecule has 2 heterocycles. The Labute approximate surface area is 184 Å². The second-order valence-electron chi connectivity index (χ2n) is 9.06. The number of benzene rings is 1. The molecule has 1 saturated carbocycles. The summed E-state index contributed by atoms with van der Waals surface area (Å²) in [5, 5.41) is 7.64. The quantitative estimate of drug-likeness (QED) is 0.723. The first kappa shape index (κ1) is 21.6. The van der Waals surface area contributed by atoms with Gasteiger partial charge in [-0.3, -0.25) is 9.59 Å². The minimum Gasteiger partial charge on any atom is -0.355 e. The lowest BCUT2D eigenvalue weighted by atomic mass is 9.90. The van der Waals surface area contributed by atoms with E-state index in [4.69, 9.17) is 0 Å². The number of nitrogens with zero attached hydrogens (tertiary/aromatic N) is 3. The number of aromatic nitrogens is 2. The Kier molecular flexibility index (Phi) is 7.39. The highest BCUT2D eigenvalue weighted by Crippen LogP contribution is 2.24. The molecule has 6 heteroatoms. The Bertz CT molecular complexity index is 895. The van der Waals surface area contributed by atoms with Gasteiger partial charge < -0.3 is 10.2 Å². The van der Waals surface area contributed by atoms with Gasteiger partial charge in [0.2, 0.25) is 5.91 Å². The van der Waals surface area contributed by atoms with Crippen LogP contribution in [0, 0.1) is 5.92 Å². The van der Waals surface area contributed by atoms with Crippen LogP contribution in [0.4, 0.5) is 5.82 Å². The second kappa shape index (κ2) is 10.6. The van der Waals surface area contributed by atoms with E-state index >= 15 is 0 Å². The summed E-state index contributed by atoms with van der Waals surface area (Å²) in [7, 11) is 0. The molecule has 1 aromatic heterocycles. The van der Waals surface area contributed by atoms with Crippen molar-refractivity contribution >= 4 is 11.7 Å². The third kappa shape index (κ3) is 6.18. The first-order chi connectivity index (χ1) is 15.2. The fourth-order valence-corrected chi connectivity index (χ4v) is 4.87. The number of hydrogen-bond donors (Lipinski definition) is 1. The lowest BCUT2D eigenvalue weighted by Gasteiger charge is -2.33. The van der Waals surface area contributed by atoms with Crippen molar-refractivity contribution in [3.8, 4) is 0 Å². The molecule has 0 bridgehead atoms. The Hall–Kier alpha value is -2.63. The van der Waals surface area contributed by atoms with Gasteiger partial charge in [-0.1, -0.05) is 56.0 Å². The van der Waals surface area contributed by atoms with Crippen LogP contribution in [-0.2, 0) is 17.8 Å². The summed E-state index contributed by atoms with van der Waals surface area (Å²) in [4.78, 5) is 27.1. The molecule has 0 atom stereocenters. The van der Waals surface area contributed by atoms with Crippen molar-refractivity contribution in [2.24, 2.45) is 5.92 Å². The zero-order chi connectivity index (χ0) is 21.5. The Morgan fingerprint density at radius 2 is 1.65 bits per heavy atom. The summed E-state index contributed by atoms with van der Waals surface area (Å²) in [5.41, 5.74) is 1.17. The highest BCUT2D eigenvalue weighted by atomic mass is 16.2. The third-order valence-electron chi connectivity index (χ3n) is 6.67. The molecule has 0 spiro atoms. The fourth-order valence-electron chi connectivity index (χ4n) is 4.87. The molecule has 1 saturated heterocycles. The van der Waals surface area contributed by atoms with Crippen LogP contribution in [0.3, 0.4) is 0 Å². The smallest absolute Gasteiger partial charge is 0.267 e. The SMILES string of the molecule is O=C(Cn1nc(N2CCC(Cc3ccccc3)CC2)ccc1=O)NC1CCCCCC1. The van der Waals surface area contributed by atoms with Crippen LogP contribution in [-0.4, -0.2) is 34.8 Å². The number of piperidine rings is 1. The number of anilines is 1. The number of nitrogens with one attached hydrogen (secondary N) is 1. The van der Waals surface area contributed by atoms with Gasteiger partial charge in [0.05, 0.1) is 0 Å². The molecule has 1 aromatic carbocycles.